The number of carbonyl (C=O) groups is 3. The molecule has 1 rings (SSSR count). The zero-order valence-electron chi connectivity index (χ0n) is 18.3. The molecular formula is C24H34N2O5. The Kier molecular flexibility index (Phi) is 13.1. The molecule has 0 unspecified atom stereocenters. The number of amides is 2. The van der Waals surface area contributed by atoms with Crippen molar-refractivity contribution < 1.29 is 23.9 Å². The Morgan fingerprint density at radius 3 is 2.29 bits per heavy atom. The van der Waals surface area contributed by atoms with Gasteiger partial charge < -0.3 is 20.1 Å². The second kappa shape index (κ2) is 15.7. The number of benzene rings is 1. The Bertz CT molecular complexity index is 705. The summed E-state index contributed by atoms with van der Waals surface area (Å²) in [7, 11) is 0. The van der Waals surface area contributed by atoms with E-state index >= 15 is 0 Å². The van der Waals surface area contributed by atoms with Crippen LogP contribution in [0.15, 0.2) is 55.6 Å². The van der Waals surface area contributed by atoms with Gasteiger partial charge in [0.15, 0.2) is 5.78 Å². The quantitative estimate of drug-likeness (QED) is 0.321. The van der Waals surface area contributed by atoms with Crippen molar-refractivity contribution in [1.29, 1.82) is 0 Å². The summed E-state index contributed by atoms with van der Waals surface area (Å²) in [4.78, 5) is 36.2. The molecule has 7 nitrogen and oxygen atoms in total. The molecule has 1 aromatic carbocycles. The third-order valence-corrected chi connectivity index (χ3v) is 4.51. The molecule has 0 saturated heterocycles. The van der Waals surface area contributed by atoms with E-state index < -0.39 is 18.2 Å². The maximum Gasteiger partial charge on any atom is 0.408 e. The van der Waals surface area contributed by atoms with E-state index in [-0.39, 0.29) is 24.9 Å². The van der Waals surface area contributed by atoms with Crippen LogP contribution in [0.4, 0.5) is 9.59 Å². The lowest BCUT2D eigenvalue weighted by Crippen LogP contribution is -2.42. The van der Waals surface area contributed by atoms with Gasteiger partial charge in [0.25, 0.3) is 0 Å². The maximum atomic E-state index is 12.9. The van der Waals surface area contributed by atoms with Gasteiger partial charge in [-0.05, 0) is 37.2 Å². The molecular weight excluding hydrogens is 396 g/mol. The Morgan fingerprint density at radius 2 is 1.65 bits per heavy atom. The minimum Gasteiger partial charge on any atom is -0.445 e. The number of Topliss-reactive ketones (excluding diaryl/α,β-unsaturated/α-hetero) is 1. The van der Waals surface area contributed by atoms with Gasteiger partial charge in [0.05, 0.1) is 6.04 Å². The van der Waals surface area contributed by atoms with Crippen LogP contribution in [0.5, 0.6) is 0 Å². The van der Waals surface area contributed by atoms with Crippen molar-refractivity contribution in [2.75, 3.05) is 19.8 Å². The molecule has 7 heteroatoms. The molecule has 0 saturated carbocycles. The van der Waals surface area contributed by atoms with E-state index in [2.05, 4.69) is 23.8 Å². The lowest BCUT2D eigenvalue weighted by atomic mass is 9.92. The van der Waals surface area contributed by atoms with Gasteiger partial charge in [-0.3, -0.25) is 4.79 Å². The number of hydrogen-bond acceptors (Lipinski definition) is 5. The predicted molar refractivity (Wildman–Crippen MR) is 121 cm³/mol. The number of ether oxygens (including phenoxy) is 2. The molecule has 31 heavy (non-hydrogen) atoms. The Morgan fingerprint density at radius 1 is 1.00 bits per heavy atom. The smallest absolute Gasteiger partial charge is 0.408 e. The lowest BCUT2D eigenvalue weighted by molar-refractivity contribution is -0.122. The van der Waals surface area contributed by atoms with E-state index in [0.717, 1.165) is 6.42 Å². The van der Waals surface area contributed by atoms with Gasteiger partial charge in [0.2, 0.25) is 0 Å². The van der Waals surface area contributed by atoms with E-state index in [1.165, 1.54) is 17.7 Å². The summed E-state index contributed by atoms with van der Waals surface area (Å²) in [5, 5.41) is 5.30. The summed E-state index contributed by atoms with van der Waals surface area (Å²) in [6, 6.07) is 9.36. The molecule has 1 aromatic rings. The van der Waals surface area contributed by atoms with Crippen molar-refractivity contribution in [3.63, 3.8) is 0 Å². The third-order valence-electron chi connectivity index (χ3n) is 4.51. The molecule has 0 heterocycles. The highest BCUT2D eigenvalue weighted by Crippen LogP contribution is 2.15. The number of ketones is 1. The van der Waals surface area contributed by atoms with Crippen LogP contribution in [-0.2, 0) is 20.7 Å². The van der Waals surface area contributed by atoms with Gasteiger partial charge in [-0.15, -0.1) is 0 Å². The zero-order valence-corrected chi connectivity index (χ0v) is 18.3. The minimum atomic E-state index is -0.639. The summed E-state index contributed by atoms with van der Waals surface area (Å²) < 4.78 is 9.80. The molecule has 2 N–H and O–H groups in total. The summed E-state index contributed by atoms with van der Waals surface area (Å²) >= 11 is 0. The van der Waals surface area contributed by atoms with Gasteiger partial charge in [0, 0.05) is 13.0 Å². The Hall–Kier alpha value is -3.09. The SMILES string of the molecule is C=CCOC(=O)NCCCC[C@H](NC(=O)OCC=C)C(=O)C[C@@H](C)Cc1ccccc1. The van der Waals surface area contributed by atoms with Crippen LogP contribution in [0.25, 0.3) is 0 Å². The second-order valence-corrected chi connectivity index (χ2v) is 7.36. The average molecular weight is 431 g/mol. The summed E-state index contributed by atoms with van der Waals surface area (Å²) in [6.07, 6.45) is 4.71. The molecule has 170 valence electrons. The molecule has 0 radical (unpaired) electrons. The summed E-state index contributed by atoms with van der Waals surface area (Å²) in [6.45, 7) is 9.66. The predicted octanol–water partition coefficient (Wildman–Crippen LogP) is 4.19. The molecule has 0 aliphatic rings. The van der Waals surface area contributed by atoms with Crippen molar-refractivity contribution >= 4 is 18.0 Å². The van der Waals surface area contributed by atoms with Crippen molar-refractivity contribution in [3.05, 3.63) is 61.2 Å². The van der Waals surface area contributed by atoms with E-state index in [1.807, 2.05) is 37.3 Å². The van der Waals surface area contributed by atoms with Crippen LogP contribution < -0.4 is 10.6 Å². The first kappa shape index (κ1) is 25.9. The monoisotopic (exact) mass is 430 g/mol. The van der Waals surface area contributed by atoms with Crippen LogP contribution in [0, 0.1) is 5.92 Å². The highest BCUT2D eigenvalue weighted by molar-refractivity contribution is 5.87. The molecule has 0 bridgehead atoms. The summed E-state index contributed by atoms with van der Waals surface area (Å²) in [5.41, 5.74) is 1.17. The highest BCUT2D eigenvalue weighted by Gasteiger charge is 2.23. The fourth-order valence-electron chi connectivity index (χ4n) is 3.06. The van der Waals surface area contributed by atoms with Crippen molar-refractivity contribution in [2.24, 2.45) is 5.92 Å². The van der Waals surface area contributed by atoms with Gasteiger partial charge in [-0.2, -0.15) is 0 Å². The minimum absolute atomic E-state index is 0.0302. The Labute approximate surface area is 184 Å². The standard InChI is InChI=1S/C24H34N2O5/c1-4-15-30-23(28)25-14-10-9-13-21(26-24(29)31-16-5-2)22(27)18-19(3)17-20-11-7-6-8-12-20/h4-8,11-12,19,21H,1-2,9-10,13-18H2,3H3,(H,25,28)(H,26,29)/t19-,21-/m0/s1. The number of alkyl carbamates (subject to hydrolysis) is 2. The van der Waals surface area contributed by atoms with Crippen LogP contribution in [0.1, 0.15) is 38.2 Å². The number of nitrogens with one attached hydrogen (secondary N) is 2. The molecule has 0 aliphatic heterocycles. The molecule has 2 atom stereocenters. The fourth-order valence-corrected chi connectivity index (χ4v) is 3.06. The average Bonchev–Trinajstić information content (AvgIpc) is 2.75. The normalized spacial score (nSPS) is 12.2. The van der Waals surface area contributed by atoms with Crippen LogP contribution in [-0.4, -0.2) is 43.8 Å². The Balaban J connectivity index is 2.52. The third kappa shape index (κ3) is 12.3. The van der Waals surface area contributed by atoms with Crippen molar-refractivity contribution in [1.82, 2.24) is 10.6 Å². The first-order valence-electron chi connectivity index (χ1n) is 10.6. The van der Waals surface area contributed by atoms with Gasteiger partial charge in [-0.1, -0.05) is 62.6 Å². The first-order chi connectivity index (χ1) is 15.0. The van der Waals surface area contributed by atoms with Gasteiger partial charge in [0.1, 0.15) is 13.2 Å². The number of hydrogen-bond donors (Lipinski definition) is 2. The van der Waals surface area contributed by atoms with Crippen molar-refractivity contribution in [3.8, 4) is 0 Å². The topological polar surface area (TPSA) is 93.7 Å². The van der Waals surface area contributed by atoms with E-state index in [0.29, 0.717) is 32.2 Å². The van der Waals surface area contributed by atoms with Crippen LogP contribution in [0.2, 0.25) is 0 Å². The first-order valence-corrected chi connectivity index (χ1v) is 10.6. The van der Waals surface area contributed by atoms with Gasteiger partial charge >= 0.3 is 12.2 Å². The highest BCUT2D eigenvalue weighted by atomic mass is 16.6. The van der Waals surface area contributed by atoms with Crippen molar-refractivity contribution in [2.45, 2.75) is 45.1 Å². The number of carbonyl (C=O) groups excluding carboxylic acids is 3. The maximum absolute atomic E-state index is 12.9. The van der Waals surface area contributed by atoms with E-state index in [4.69, 9.17) is 9.47 Å². The number of unbranched alkanes of at least 4 members (excludes halogenated alkanes) is 1. The zero-order chi connectivity index (χ0) is 22.9. The summed E-state index contributed by atoms with van der Waals surface area (Å²) in [5.74, 6) is 0.113. The lowest BCUT2D eigenvalue weighted by Gasteiger charge is -2.19. The van der Waals surface area contributed by atoms with E-state index in [9.17, 15) is 14.4 Å². The second-order valence-electron chi connectivity index (χ2n) is 7.36. The van der Waals surface area contributed by atoms with Crippen LogP contribution in [0.3, 0.4) is 0 Å². The number of rotatable bonds is 15. The van der Waals surface area contributed by atoms with E-state index in [1.54, 1.807) is 0 Å². The molecule has 0 fully saturated rings. The molecule has 0 aromatic heterocycles. The van der Waals surface area contributed by atoms with Crippen LogP contribution >= 0.6 is 0 Å². The van der Waals surface area contributed by atoms with Gasteiger partial charge in [-0.25, -0.2) is 9.59 Å². The fraction of sp³-hybridized carbons (Fsp3) is 0.458. The molecule has 0 aliphatic carbocycles. The molecule has 0 spiro atoms. The largest absolute Gasteiger partial charge is 0.445 e. The molecule has 2 amide bonds.